The van der Waals surface area contributed by atoms with Gasteiger partial charge in [0, 0.05) is 0 Å². The second-order valence-corrected chi connectivity index (χ2v) is 9.85. The number of carbonyl (C=O) groups is 2. The lowest BCUT2D eigenvalue weighted by Crippen LogP contribution is -2.25. The van der Waals surface area contributed by atoms with E-state index in [1.54, 1.807) is 0 Å². The fourth-order valence-corrected chi connectivity index (χ4v) is 3.76. The Kier molecular flexibility index (Phi) is 12.5. The number of alkyl halides is 1. The lowest BCUT2D eigenvalue weighted by molar-refractivity contribution is -0.134. The molecule has 4 nitrogen and oxygen atoms in total. The van der Waals surface area contributed by atoms with E-state index in [-0.39, 0.29) is 22.3 Å². The molecular formula is C28H36Cl2O4. The smallest absolute Gasteiger partial charge is 0.343 e. The zero-order chi connectivity index (χ0) is 24.9. The summed E-state index contributed by atoms with van der Waals surface area (Å²) in [5.74, 6) is -0.569. The minimum absolute atomic E-state index is 0.0751. The summed E-state index contributed by atoms with van der Waals surface area (Å²) in [4.78, 5) is 24.5. The highest BCUT2D eigenvalue weighted by Crippen LogP contribution is 2.27. The molecule has 0 saturated carbocycles. The third-order valence-electron chi connectivity index (χ3n) is 5.64. The summed E-state index contributed by atoms with van der Waals surface area (Å²) >= 11 is 12.2. The molecule has 0 saturated heterocycles. The highest BCUT2D eigenvalue weighted by molar-refractivity contribution is 6.33. The topological polar surface area (TPSA) is 52.6 Å². The van der Waals surface area contributed by atoms with Crippen LogP contribution in [0.25, 0.3) is 0 Å². The van der Waals surface area contributed by atoms with E-state index < -0.39 is 17.3 Å². The zero-order valence-corrected chi connectivity index (χ0v) is 22.0. The predicted octanol–water partition coefficient (Wildman–Crippen LogP) is 8.41. The molecular weight excluding hydrogens is 471 g/mol. The summed E-state index contributed by atoms with van der Waals surface area (Å²) in [6, 6.07) is 12.0. The summed E-state index contributed by atoms with van der Waals surface area (Å²) in [7, 11) is 0. The van der Waals surface area contributed by atoms with Crippen molar-refractivity contribution in [2.24, 2.45) is 5.92 Å². The van der Waals surface area contributed by atoms with Crippen LogP contribution in [0.5, 0.6) is 11.5 Å². The normalized spacial score (nSPS) is 11.9. The Morgan fingerprint density at radius 1 is 0.853 bits per heavy atom. The van der Waals surface area contributed by atoms with Crippen LogP contribution in [0.15, 0.2) is 42.5 Å². The van der Waals surface area contributed by atoms with Gasteiger partial charge in [-0.25, -0.2) is 4.79 Å². The second-order valence-electron chi connectivity index (χ2n) is 8.97. The van der Waals surface area contributed by atoms with Crippen LogP contribution in [0.4, 0.5) is 0 Å². The zero-order valence-electron chi connectivity index (χ0n) is 20.4. The van der Waals surface area contributed by atoms with E-state index in [2.05, 4.69) is 6.92 Å². The van der Waals surface area contributed by atoms with Crippen LogP contribution in [0.1, 0.15) is 88.1 Å². The first kappa shape index (κ1) is 28.2. The Hall–Kier alpha value is -2.04. The number of carbonyl (C=O) groups excluding carboxylic acids is 2. The molecule has 34 heavy (non-hydrogen) atoms. The third kappa shape index (κ3) is 9.68. The van der Waals surface area contributed by atoms with Crippen LogP contribution in [0.2, 0.25) is 5.02 Å². The molecule has 186 valence electrons. The fourth-order valence-electron chi connectivity index (χ4n) is 3.50. The van der Waals surface area contributed by atoms with E-state index >= 15 is 0 Å². The number of ether oxygens (including phenoxy) is 2. The SMILES string of the molecule is CCCCCCCCCCc1ccc(OC(=O)c2ccc(OC(=O)C(Cl)C(C)C)c(Cl)c2)cc1. The lowest BCUT2D eigenvalue weighted by Gasteiger charge is -2.13. The highest BCUT2D eigenvalue weighted by atomic mass is 35.5. The molecule has 6 heteroatoms. The molecule has 2 rings (SSSR count). The van der Waals surface area contributed by atoms with Gasteiger partial charge in [0.2, 0.25) is 0 Å². The van der Waals surface area contributed by atoms with Crippen molar-refractivity contribution >= 4 is 35.1 Å². The average molecular weight is 507 g/mol. The summed E-state index contributed by atoms with van der Waals surface area (Å²) in [5.41, 5.74) is 1.50. The first-order valence-corrected chi connectivity index (χ1v) is 13.1. The van der Waals surface area contributed by atoms with E-state index in [1.165, 1.54) is 75.1 Å². The van der Waals surface area contributed by atoms with Crippen molar-refractivity contribution < 1.29 is 19.1 Å². The van der Waals surface area contributed by atoms with Crippen molar-refractivity contribution in [1.29, 1.82) is 0 Å². The van der Waals surface area contributed by atoms with Crippen molar-refractivity contribution in [2.45, 2.75) is 83.9 Å². The minimum Gasteiger partial charge on any atom is -0.424 e. The van der Waals surface area contributed by atoms with Gasteiger partial charge in [0.25, 0.3) is 0 Å². The highest BCUT2D eigenvalue weighted by Gasteiger charge is 2.22. The number of hydrogen-bond acceptors (Lipinski definition) is 4. The number of aryl methyl sites for hydroxylation is 1. The molecule has 0 fully saturated rings. The van der Waals surface area contributed by atoms with Gasteiger partial charge in [-0.3, -0.25) is 4.79 Å². The van der Waals surface area contributed by atoms with E-state index in [1.807, 2.05) is 38.1 Å². The van der Waals surface area contributed by atoms with E-state index in [0.717, 1.165) is 6.42 Å². The maximum absolute atomic E-state index is 12.5. The summed E-state index contributed by atoms with van der Waals surface area (Å²) < 4.78 is 10.7. The second kappa shape index (κ2) is 15.1. The molecule has 0 aliphatic carbocycles. The van der Waals surface area contributed by atoms with Gasteiger partial charge < -0.3 is 9.47 Å². The van der Waals surface area contributed by atoms with Crippen molar-refractivity contribution in [3.63, 3.8) is 0 Å². The van der Waals surface area contributed by atoms with Crippen LogP contribution in [0.3, 0.4) is 0 Å². The average Bonchev–Trinajstić information content (AvgIpc) is 2.82. The first-order valence-electron chi connectivity index (χ1n) is 12.3. The van der Waals surface area contributed by atoms with Gasteiger partial charge >= 0.3 is 11.9 Å². The van der Waals surface area contributed by atoms with Gasteiger partial charge in [0.05, 0.1) is 10.6 Å². The molecule has 1 unspecified atom stereocenters. The monoisotopic (exact) mass is 506 g/mol. The molecule has 0 radical (unpaired) electrons. The van der Waals surface area contributed by atoms with Crippen LogP contribution >= 0.6 is 23.2 Å². The Bertz CT molecular complexity index is 909. The van der Waals surface area contributed by atoms with Gasteiger partial charge in [0.1, 0.15) is 16.9 Å². The van der Waals surface area contributed by atoms with Gasteiger partial charge in [0.15, 0.2) is 0 Å². The standard InChI is InChI=1S/C28H36Cl2O4/c1-4-5-6-7-8-9-10-11-12-21-13-16-23(17-14-21)33-27(31)22-15-18-25(24(29)19-22)34-28(32)26(30)20(2)3/h13-20,26H,4-12H2,1-3H3. The van der Waals surface area contributed by atoms with Crippen molar-refractivity contribution in [3.05, 3.63) is 58.6 Å². The molecule has 0 amide bonds. The van der Waals surface area contributed by atoms with Gasteiger partial charge in [-0.1, -0.05) is 89.5 Å². The van der Waals surface area contributed by atoms with E-state index in [0.29, 0.717) is 5.75 Å². The largest absolute Gasteiger partial charge is 0.424 e. The molecule has 2 aromatic rings. The van der Waals surface area contributed by atoms with E-state index in [4.69, 9.17) is 32.7 Å². The van der Waals surface area contributed by atoms with Crippen LogP contribution in [-0.2, 0) is 11.2 Å². The summed E-state index contributed by atoms with van der Waals surface area (Å²) in [5, 5.41) is -0.643. The number of benzene rings is 2. The number of esters is 2. The quantitative estimate of drug-likeness (QED) is 0.111. The van der Waals surface area contributed by atoms with Crippen molar-refractivity contribution in [3.8, 4) is 11.5 Å². The van der Waals surface area contributed by atoms with Crippen molar-refractivity contribution in [1.82, 2.24) is 0 Å². The number of rotatable bonds is 14. The summed E-state index contributed by atoms with van der Waals surface area (Å²) in [6.07, 6.45) is 11.4. The van der Waals surface area contributed by atoms with Gasteiger partial charge in [-0.2, -0.15) is 0 Å². The number of hydrogen-bond donors (Lipinski definition) is 0. The molecule has 0 bridgehead atoms. The molecule has 1 atom stereocenters. The first-order chi connectivity index (χ1) is 16.3. The molecule has 0 heterocycles. The van der Waals surface area contributed by atoms with Gasteiger partial charge in [-0.05, 0) is 54.7 Å². The van der Waals surface area contributed by atoms with Crippen LogP contribution in [-0.4, -0.2) is 17.3 Å². The van der Waals surface area contributed by atoms with Crippen LogP contribution in [0, 0.1) is 5.92 Å². The Morgan fingerprint density at radius 3 is 2.06 bits per heavy atom. The molecule has 0 aromatic heterocycles. The molecule has 0 aliphatic heterocycles. The molecule has 2 aromatic carbocycles. The number of unbranched alkanes of at least 4 members (excludes halogenated alkanes) is 7. The Labute approximate surface area is 213 Å². The fraction of sp³-hybridized carbons (Fsp3) is 0.500. The van der Waals surface area contributed by atoms with Crippen molar-refractivity contribution in [2.75, 3.05) is 0 Å². The molecule has 0 aliphatic rings. The maximum Gasteiger partial charge on any atom is 0.343 e. The minimum atomic E-state index is -0.778. The Morgan fingerprint density at radius 2 is 1.47 bits per heavy atom. The summed E-state index contributed by atoms with van der Waals surface area (Å²) in [6.45, 7) is 5.89. The van der Waals surface area contributed by atoms with E-state index in [9.17, 15) is 9.59 Å². The lowest BCUT2D eigenvalue weighted by atomic mass is 10.0. The third-order valence-corrected chi connectivity index (χ3v) is 6.62. The Balaban J connectivity index is 1.80. The van der Waals surface area contributed by atoms with Crippen LogP contribution < -0.4 is 9.47 Å². The predicted molar refractivity (Wildman–Crippen MR) is 139 cm³/mol. The number of halogens is 2. The maximum atomic E-state index is 12.5. The van der Waals surface area contributed by atoms with Gasteiger partial charge in [-0.15, -0.1) is 11.6 Å². The molecule has 0 N–H and O–H groups in total. The molecule has 0 spiro atoms.